The van der Waals surface area contributed by atoms with Crippen LogP contribution in [0.25, 0.3) is 0 Å². The number of hydrogen-bond acceptors (Lipinski definition) is 5. The number of amides is 1. The lowest BCUT2D eigenvalue weighted by Gasteiger charge is -2.26. The number of hydrogen-bond donors (Lipinski definition) is 3. The van der Waals surface area contributed by atoms with E-state index in [1.165, 1.54) is 6.07 Å². The Morgan fingerprint density at radius 2 is 1.91 bits per heavy atom. The van der Waals surface area contributed by atoms with E-state index in [0.29, 0.717) is 30.9 Å². The first kappa shape index (κ1) is 24.5. The quantitative estimate of drug-likeness (QED) is 0.456. The Hall–Kier alpha value is -3.17. The van der Waals surface area contributed by atoms with E-state index in [1.807, 2.05) is 44.2 Å². The lowest BCUT2D eigenvalue weighted by atomic mass is 9.75. The molecule has 0 bridgehead atoms. The minimum absolute atomic E-state index is 0.0665. The topological polar surface area (TPSA) is 102 Å². The van der Waals surface area contributed by atoms with Crippen LogP contribution >= 0.6 is 0 Å². The van der Waals surface area contributed by atoms with Crippen LogP contribution in [0.4, 0.5) is 0 Å². The summed E-state index contributed by atoms with van der Waals surface area (Å²) in [4.78, 5) is 26.1. The maximum Gasteiger partial charge on any atom is 0.252 e. The molecule has 0 heterocycles. The summed E-state index contributed by atoms with van der Waals surface area (Å²) in [7, 11) is 0. The number of phenols is 1. The van der Waals surface area contributed by atoms with Gasteiger partial charge in [0.1, 0.15) is 5.75 Å². The highest BCUT2D eigenvalue weighted by Gasteiger charge is 2.31. The first-order valence-electron chi connectivity index (χ1n) is 11.8. The molecule has 0 aromatic heterocycles. The molecule has 2 unspecified atom stereocenters. The average molecular weight is 448 g/mol. The Balaban J connectivity index is 1.83. The van der Waals surface area contributed by atoms with Crippen LogP contribution in [0, 0.1) is 11.3 Å². The molecule has 0 radical (unpaired) electrons. The summed E-state index contributed by atoms with van der Waals surface area (Å²) in [5, 5.41) is 26.3. The molecule has 2 aromatic rings. The van der Waals surface area contributed by atoms with Crippen LogP contribution in [0.3, 0.4) is 0 Å². The summed E-state index contributed by atoms with van der Waals surface area (Å²) in [6.07, 6.45) is 4.54. The molecular weight excluding hydrogens is 414 g/mol. The third-order valence-electron chi connectivity index (χ3n) is 6.35. The van der Waals surface area contributed by atoms with Gasteiger partial charge in [-0.05, 0) is 61.4 Å². The van der Waals surface area contributed by atoms with Crippen LogP contribution in [-0.4, -0.2) is 35.4 Å². The fourth-order valence-corrected chi connectivity index (χ4v) is 4.16. The largest absolute Gasteiger partial charge is 0.508 e. The van der Waals surface area contributed by atoms with Crippen molar-refractivity contribution in [2.75, 3.05) is 6.54 Å². The third-order valence-corrected chi connectivity index (χ3v) is 6.35. The van der Waals surface area contributed by atoms with E-state index in [0.717, 1.165) is 24.8 Å². The van der Waals surface area contributed by atoms with E-state index in [9.17, 15) is 20.0 Å². The van der Waals surface area contributed by atoms with Crippen molar-refractivity contribution < 1.29 is 14.7 Å². The van der Waals surface area contributed by atoms with Gasteiger partial charge < -0.3 is 15.7 Å². The van der Waals surface area contributed by atoms with Crippen LogP contribution in [0.1, 0.15) is 67.4 Å². The zero-order valence-electron chi connectivity index (χ0n) is 19.4. The Labute approximate surface area is 196 Å². The maximum absolute atomic E-state index is 13.2. The van der Waals surface area contributed by atoms with Crippen molar-refractivity contribution in [1.82, 2.24) is 10.6 Å². The molecule has 6 nitrogen and oxygen atoms in total. The van der Waals surface area contributed by atoms with Crippen molar-refractivity contribution >= 4 is 11.7 Å². The summed E-state index contributed by atoms with van der Waals surface area (Å²) in [6.45, 7) is 4.15. The number of nitrogens with one attached hydrogen (secondary N) is 2. The number of phenolic OH excluding ortho intramolecular Hbond substituents is 1. The van der Waals surface area contributed by atoms with Gasteiger partial charge in [0, 0.05) is 11.6 Å². The SMILES string of the molecule is CCCC(C#N)(CC)c1cc(O)cc(C(=O)NC(Cc2ccccc2)C(=O)CNC2CC2)c1. The van der Waals surface area contributed by atoms with Crippen molar-refractivity contribution in [3.63, 3.8) is 0 Å². The smallest absolute Gasteiger partial charge is 0.252 e. The Morgan fingerprint density at radius 3 is 2.52 bits per heavy atom. The van der Waals surface area contributed by atoms with E-state index >= 15 is 0 Å². The molecule has 3 N–H and O–H groups in total. The lowest BCUT2D eigenvalue weighted by molar-refractivity contribution is -0.120. The van der Waals surface area contributed by atoms with Crippen LogP contribution in [0.5, 0.6) is 5.75 Å². The lowest BCUT2D eigenvalue weighted by Crippen LogP contribution is -2.46. The highest BCUT2D eigenvalue weighted by molar-refractivity contribution is 5.99. The van der Waals surface area contributed by atoms with Crippen molar-refractivity contribution in [2.45, 2.75) is 69.9 Å². The molecule has 2 atom stereocenters. The van der Waals surface area contributed by atoms with Gasteiger partial charge in [0.15, 0.2) is 5.78 Å². The van der Waals surface area contributed by atoms with E-state index < -0.39 is 17.4 Å². The van der Waals surface area contributed by atoms with Gasteiger partial charge in [0.25, 0.3) is 5.91 Å². The second kappa shape index (κ2) is 11.1. The second-order valence-corrected chi connectivity index (χ2v) is 8.90. The molecule has 1 fully saturated rings. The minimum Gasteiger partial charge on any atom is -0.508 e. The van der Waals surface area contributed by atoms with Crippen molar-refractivity contribution in [2.24, 2.45) is 0 Å². The molecule has 6 heteroatoms. The van der Waals surface area contributed by atoms with Gasteiger partial charge in [-0.1, -0.05) is 50.6 Å². The molecule has 33 heavy (non-hydrogen) atoms. The number of carbonyl (C=O) groups is 2. The molecule has 2 aromatic carbocycles. The summed E-state index contributed by atoms with van der Waals surface area (Å²) < 4.78 is 0. The van der Waals surface area contributed by atoms with Crippen molar-refractivity contribution in [3.05, 3.63) is 65.2 Å². The van der Waals surface area contributed by atoms with E-state index in [-0.39, 0.29) is 23.6 Å². The molecule has 0 aliphatic heterocycles. The first-order valence-corrected chi connectivity index (χ1v) is 11.8. The summed E-state index contributed by atoms with van der Waals surface area (Å²) >= 11 is 0. The zero-order valence-corrected chi connectivity index (χ0v) is 19.4. The van der Waals surface area contributed by atoms with Crippen LogP contribution < -0.4 is 10.6 Å². The fraction of sp³-hybridized carbons (Fsp3) is 0.444. The average Bonchev–Trinajstić information content (AvgIpc) is 3.65. The zero-order chi connectivity index (χ0) is 23.8. The van der Waals surface area contributed by atoms with Gasteiger partial charge in [-0.3, -0.25) is 9.59 Å². The van der Waals surface area contributed by atoms with Gasteiger partial charge in [0.2, 0.25) is 0 Å². The number of carbonyl (C=O) groups excluding carboxylic acids is 2. The van der Waals surface area contributed by atoms with Gasteiger partial charge in [-0.15, -0.1) is 0 Å². The molecule has 1 amide bonds. The number of Topliss-reactive ketones (excluding diaryl/α,β-unsaturated/α-hetero) is 1. The predicted molar refractivity (Wildman–Crippen MR) is 128 cm³/mol. The molecule has 174 valence electrons. The highest BCUT2D eigenvalue weighted by atomic mass is 16.3. The van der Waals surface area contributed by atoms with E-state index in [4.69, 9.17) is 0 Å². The minimum atomic E-state index is -0.768. The Bertz CT molecular complexity index is 1010. The maximum atomic E-state index is 13.2. The van der Waals surface area contributed by atoms with Gasteiger partial charge >= 0.3 is 0 Å². The monoisotopic (exact) mass is 447 g/mol. The van der Waals surface area contributed by atoms with Gasteiger partial charge in [-0.2, -0.15) is 5.26 Å². The number of benzene rings is 2. The number of aromatic hydroxyl groups is 1. The van der Waals surface area contributed by atoms with Gasteiger partial charge in [-0.25, -0.2) is 0 Å². The number of rotatable bonds is 12. The first-order chi connectivity index (χ1) is 15.9. The van der Waals surface area contributed by atoms with E-state index in [1.54, 1.807) is 12.1 Å². The molecule has 1 saturated carbocycles. The number of nitrogens with zero attached hydrogens (tertiary/aromatic N) is 1. The number of ketones is 1. The standard InChI is InChI=1S/C27H33N3O3/c1-3-12-27(4-2,18-28)21-14-20(15-23(31)16-21)26(33)30-24(13-19-8-6-5-7-9-19)25(32)17-29-22-10-11-22/h5-9,14-16,22,24,29,31H,3-4,10-13,17H2,1-2H3,(H,30,33). The molecule has 3 rings (SSSR count). The Kier molecular flexibility index (Phi) is 8.24. The fourth-order valence-electron chi connectivity index (χ4n) is 4.16. The second-order valence-electron chi connectivity index (χ2n) is 8.90. The summed E-state index contributed by atoms with van der Waals surface area (Å²) in [5.41, 5.74) is 1.06. The van der Waals surface area contributed by atoms with Crippen LogP contribution in [0.2, 0.25) is 0 Å². The van der Waals surface area contributed by atoms with Crippen LogP contribution in [-0.2, 0) is 16.6 Å². The summed E-state index contributed by atoms with van der Waals surface area (Å²) in [5.74, 6) is -0.583. The molecular formula is C27H33N3O3. The normalized spacial score (nSPS) is 15.8. The van der Waals surface area contributed by atoms with E-state index in [2.05, 4.69) is 16.7 Å². The molecule has 1 aliphatic rings. The third kappa shape index (κ3) is 6.43. The van der Waals surface area contributed by atoms with Crippen LogP contribution in [0.15, 0.2) is 48.5 Å². The molecule has 0 spiro atoms. The van der Waals surface area contributed by atoms with Crippen molar-refractivity contribution in [1.29, 1.82) is 5.26 Å². The highest BCUT2D eigenvalue weighted by Crippen LogP contribution is 2.35. The van der Waals surface area contributed by atoms with Gasteiger partial charge in [0.05, 0.1) is 24.1 Å². The number of nitriles is 1. The molecule has 0 saturated heterocycles. The molecule has 1 aliphatic carbocycles. The Morgan fingerprint density at radius 1 is 1.18 bits per heavy atom. The summed E-state index contributed by atoms with van der Waals surface area (Å²) in [6, 6.07) is 16.3. The predicted octanol–water partition coefficient (Wildman–Crippen LogP) is 4.03. The van der Waals surface area contributed by atoms with Crippen molar-refractivity contribution in [3.8, 4) is 11.8 Å².